The van der Waals surface area contributed by atoms with Crippen molar-refractivity contribution in [3.63, 3.8) is 0 Å². The molecule has 2 heterocycles. The van der Waals surface area contributed by atoms with Gasteiger partial charge in [0.2, 0.25) is 5.91 Å². The summed E-state index contributed by atoms with van der Waals surface area (Å²) in [4.78, 5) is 11.9. The molecule has 78 valence electrons. The Morgan fingerprint density at radius 2 is 2.20 bits per heavy atom. The Kier molecular flexibility index (Phi) is 2.20. The smallest absolute Gasteiger partial charge is 0.228 e. The average molecular weight is 219 g/mol. The summed E-state index contributed by atoms with van der Waals surface area (Å²) in [6.07, 6.45) is 2.21. The van der Waals surface area contributed by atoms with E-state index in [1.807, 2.05) is 23.9 Å². The Morgan fingerprint density at radius 1 is 1.33 bits per heavy atom. The number of nitrogens with one attached hydrogen (secondary N) is 1. The number of para-hydroxylation sites is 1. The molecule has 3 rings (SSSR count). The predicted octanol–water partition coefficient (Wildman–Crippen LogP) is 2.82. The van der Waals surface area contributed by atoms with Crippen molar-refractivity contribution in [1.29, 1.82) is 0 Å². The molecule has 1 N–H and O–H groups in total. The van der Waals surface area contributed by atoms with Gasteiger partial charge in [-0.3, -0.25) is 4.79 Å². The lowest BCUT2D eigenvalue weighted by atomic mass is 9.89. The lowest BCUT2D eigenvalue weighted by molar-refractivity contribution is -0.120. The molecular formula is C12H13NOS. The Morgan fingerprint density at radius 3 is 3.13 bits per heavy atom. The van der Waals surface area contributed by atoms with Gasteiger partial charge in [-0.1, -0.05) is 18.2 Å². The van der Waals surface area contributed by atoms with Crippen LogP contribution in [0.5, 0.6) is 0 Å². The summed E-state index contributed by atoms with van der Waals surface area (Å²) in [6.45, 7) is 0. The third kappa shape index (κ3) is 1.46. The van der Waals surface area contributed by atoms with E-state index in [1.54, 1.807) is 0 Å². The minimum absolute atomic E-state index is 0.193. The Hall–Kier alpha value is -0.960. The highest BCUT2D eigenvalue weighted by Crippen LogP contribution is 2.48. The van der Waals surface area contributed by atoms with Crippen LogP contribution in [-0.4, -0.2) is 11.7 Å². The monoisotopic (exact) mass is 219 g/mol. The summed E-state index contributed by atoms with van der Waals surface area (Å²) in [6, 6.07) is 8.18. The minimum Gasteiger partial charge on any atom is -0.326 e. The third-order valence-corrected chi connectivity index (χ3v) is 4.65. The normalized spacial score (nSPS) is 28.9. The molecule has 3 heteroatoms. The maximum Gasteiger partial charge on any atom is 0.228 e. The molecule has 15 heavy (non-hydrogen) atoms. The van der Waals surface area contributed by atoms with Crippen molar-refractivity contribution in [1.82, 2.24) is 0 Å². The van der Waals surface area contributed by atoms with Gasteiger partial charge in [-0.2, -0.15) is 11.8 Å². The van der Waals surface area contributed by atoms with Crippen molar-refractivity contribution in [2.75, 3.05) is 11.1 Å². The van der Waals surface area contributed by atoms with Crippen LogP contribution < -0.4 is 5.32 Å². The molecule has 1 aromatic rings. The van der Waals surface area contributed by atoms with Crippen LogP contribution in [0.15, 0.2) is 24.3 Å². The van der Waals surface area contributed by atoms with Crippen molar-refractivity contribution in [3.8, 4) is 0 Å². The number of amides is 1. The summed E-state index contributed by atoms with van der Waals surface area (Å²) in [5.41, 5.74) is 2.32. The SMILES string of the molecule is O=C1Nc2ccccc2C2SCCCC12. The number of anilines is 1. The number of hydrogen-bond donors (Lipinski definition) is 1. The number of hydrogen-bond acceptors (Lipinski definition) is 2. The maximum atomic E-state index is 11.9. The first-order valence-electron chi connectivity index (χ1n) is 5.37. The number of thioether (sulfide) groups is 1. The van der Waals surface area contributed by atoms with Crippen LogP contribution in [-0.2, 0) is 4.79 Å². The third-order valence-electron chi connectivity index (χ3n) is 3.18. The highest BCUT2D eigenvalue weighted by Gasteiger charge is 2.37. The summed E-state index contributed by atoms with van der Waals surface area (Å²) in [5, 5.41) is 3.40. The van der Waals surface area contributed by atoms with Crippen LogP contribution in [0.3, 0.4) is 0 Å². The van der Waals surface area contributed by atoms with Gasteiger partial charge in [0.1, 0.15) is 0 Å². The fraction of sp³-hybridized carbons (Fsp3) is 0.417. The van der Waals surface area contributed by atoms with E-state index in [1.165, 1.54) is 17.7 Å². The second-order valence-electron chi connectivity index (χ2n) is 4.12. The summed E-state index contributed by atoms with van der Waals surface area (Å²) < 4.78 is 0. The first-order valence-corrected chi connectivity index (χ1v) is 6.42. The van der Waals surface area contributed by atoms with E-state index >= 15 is 0 Å². The lowest BCUT2D eigenvalue weighted by Crippen LogP contribution is -2.34. The average Bonchev–Trinajstić information content (AvgIpc) is 2.30. The minimum atomic E-state index is 0.193. The Bertz CT molecular complexity index is 404. The zero-order valence-electron chi connectivity index (χ0n) is 8.40. The molecule has 0 bridgehead atoms. The van der Waals surface area contributed by atoms with E-state index in [2.05, 4.69) is 17.4 Å². The molecule has 2 aliphatic rings. The van der Waals surface area contributed by atoms with Gasteiger partial charge in [0, 0.05) is 10.9 Å². The number of carbonyl (C=O) groups is 1. The summed E-state index contributed by atoms with van der Waals surface area (Å²) in [7, 11) is 0. The van der Waals surface area contributed by atoms with E-state index in [-0.39, 0.29) is 11.8 Å². The van der Waals surface area contributed by atoms with Crippen molar-refractivity contribution in [2.24, 2.45) is 5.92 Å². The highest BCUT2D eigenvalue weighted by atomic mass is 32.2. The largest absolute Gasteiger partial charge is 0.326 e. The van der Waals surface area contributed by atoms with Gasteiger partial charge < -0.3 is 5.32 Å². The van der Waals surface area contributed by atoms with Crippen LogP contribution in [0.1, 0.15) is 23.7 Å². The van der Waals surface area contributed by atoms with Gasteiger partial charge >= 0.3 is 0 Å². The van der Waals surface area contributed by atoms with Gasteiger partial charge in [-0.25, -0.2) is 0 Å². The molecule has 1 amide bonds. The second-order valence-corrected chi connectivity index (χ2v) is 5.37. The van der Waals surface area contributed by atoms with E-state index < -0.39 is 0 Å². The van der Waals surface area contributed by atoms with Gasteiger partial charge in [-0.15, -0.1) is 0 Å². The van der Waals surface area contributed by atoms with Crippen LogP contribution in [0.25, 0.3) is 0 Å². The van der Waals surface area contributed by atoms with Crippen molar-refractivity contribution >= 4 is 23.4 Å². The highest BCUT2D eigenvalue weighted by molar-refractivity contribution is 7.99. The number of rotatable bonds is 0. The Balaban J connectivity index is 2.06. The fourth-order valence-corrected chi connectivity index (χ4v) is 3.90. The molecule has 2 unspecified atom stereocenters. The first kappa shape index (κ1) is 9.28. The van der Waals surface area contributed by atoms with Crippen LogP contribution in [0.2, 0.25) is 0 Å². The quantitative estimate of drug-likeness (QED) is 0.727. The molecule has 0 spiro atoms. The number of fused-ring (bicyclic) bond motifs is 3. The lowest BCUT2D eigenvalue weighted by Gasteiger charge is -2.35. The molecule has 0 saturated carbocycles. The zero-order valence-corrected chi connectivity index (χ0v) is 9.22. The topological polar surface area (TPSA) is 29.1 Å². The first-order chi connectivity index (χ1) is 7.36. The summed E-state index contributed by atoms with van der Waals surface area (Å²) >= 11 is 1.93. The molecule has 1 aromatic carbocycles. The van der Waals surface area contributed by atoms with Gasteiger partial charge in [0.05, 0.1) is 5.92 Å². The van der Waals surface area contributed by atoms with E-state index in [0.717, 1.165) is 12.1 Å². The van der Waals surface area contributed by atoms with Crippen LogP contribution in [0, 0.1) is 5.92 Å². The predicted molar refractivity (Wildman–Crippen MR) is 63.0 cm³/mol. The second kappa shape index (κ2) is 3.56. The number of carbonyl (C=O) groups excluding carboxylic acids is 1. The zero-order chi connectivity index (χ0) is 10.3. The van der Waals surface area contributed by atoms with E-state index in [9.17, 15) is 4.79 Å². The van der Waals surface area contributed by atoms with Gasteiger partial charge in [0.25, 0.3) is 0 Å². The fourth-order valence-electron chi connectivity index (χ4n) is 2.44. The molecule has 1 fully saturated rings. The molecular weight excluding hydrogens is 206 g/mol. The molecule has 2 nitrogen and oxygen atoms in total. The van der Waals surface area contributed by atoms with Crippen molar-refractivity contribution < 1.29 is 4.79 Å². The summed E-state index contributed by atoms with van der Waals surface area (Å²) in [5.74, 6) is 1.59. The van der Waals surface area contributed by atoms with Crippen molar-refractivity contribution in [3.05, 3.63) is 29.8 Å². The van der Waals surface area contributed by atoms with Crippen molar-refractivity contribution in [2.45, 2.75) is 18.1 Å². The molecule has 1 saturated heterocycles. The van der Waals surface area contributed by atoms with E-state index in [0.29, 0.717) is 5.25 Å². The van der Waals surface area contributed by atoms with Gasteiger partial charge in [0.15, 0.2) is 0 Å². The van der Waals surface area contributed by atoms with Gasteiger partial charge in [-0.05, 0) is 30.2 Å². The standard InChI is InChI=1S/C12H13NOS/c14-12-9-5-3-7-15-11(9)8-4-1-2-6-10(8)13-12/h1-2,4,6,9,11H,3,5,7H2,(H,13,14). The van der Waals surface area contributed by atoms with Crippen LogP contribution >= 0.6 is 11.8 Å². The molecule has 0 radical (unpaired) electrons. The van der Waals surface area contributed by atoms with Crippen LogP contribution in [0.4, 0.5) is 5.69 Å². The molecule has 0 aromatic heterocycles. The Labute approximate surface area is 93.4 Å². The molecule has 2 atom stereocenters. The maximum absolute atomic E-state index is 11.9. The number of benzene rings is 1. The van der Waals surface area contributed by atoms with E-state index in [4.69, 9.17) is 0 Å². The molecule has 0 aliphatic carbocycles. The molecule has 2 aliphatic heterocycles.